The summed E-state index contributed by atoms with van der Waals surface area (Å²) in [6.07, 6.45) is 0.849. The maximum Gasteiger partial charge on any atom is 0.150 e. The van der Waals surface area contributed by atoms with E-state index in [1.165, 1.54) is 5.56 Å². The van der Waals surface area contributed by atoms with Gasteiger partial charge in [-0.05, 0) is 38.5 Å². The first-order valence-corrected chi connectivity index (χ1v) is 5.22. The number of rotatable bonds is 2. The van der Waals surface area contributed by atoms with Gasteiger partial charge in [-0.25, -0.2) is 4.68 Å². The molecule has 1 aromatic carbocycles. The van der Waals surface area contributed by atoms with Crippen LogP contribution in [0.5, 0.6) is 0 Å². The Morgan fingerprint density at radius 1 is 1.25 bits per heavy atom. The highest BCUT2D eigenvalue weighted by Crippen LogP contribution is 2.17. The molecule has 82 valence electrons. The monoisotopic (exact) mass is 214 g/mol. The predicted octanol–water partition coefficient (Wildman–Crippen LogP) is 2.61. The molecule has 1 heterocycles. The van der Waals surface area contributed by atoms with E-state index >= 15 is 0 Å². The van der Waals surface area contributed by atoms with Crippen molar-refractivity contribution in [2.75, 3.05) is 0 Å². The Labute approximate surface area is 94.7 Å². The number of hydrogen-bond donors (Lipinski definition) is 0. The Morgan fingerprint density at radius 3 is 2.56 bits per heavy atom. The van der Waals surface area contributed by atoms with E-state index in [2.05, 4.69) is 12.0 Å². The van der Waals surface area contributed by atoms with E-state index in [0.717, 1.165) is 23.4 Å². The lowest BCUT2D eigenvalue weighted by Gasteiger charge is -2.04. The lowest BCUT2D eigenvalue weighted by atomic mass is 10.2. The number of nitrogens with zero attached hydrogens (tertiary/aromatic N) is 2. The fourth-order valence-corrected chi connectivity index (χ4v) is 1.70. The van der Waals surface area contributed by atoms with Gasteiger partial charge in [-0.2, -0.15) is 5.10 Å². The molecule has 0 fully saturated rings. The SMILES string of the molecule is Cc1nn(-c2cccc(C=O)c2)c(C)c1C. The third-order valence-electron chi connectivity index (χ3n) is 2.90. The zero-order valence-electron chi connectivity index (χ0n) is 9.69. The quantitative estimate of drug-likeness (QED) is 0.720. The van der Waals surface area contributed by atoms with Crippen molar-refractivity contribution in [3.8, 4) is 5.69 Å². The van der Waals surface area contributed by atoms with Crippen LogP contribution in [0.15, 0.2) is 24.3 Å². The van der Waals surface area contributed by atoms with Crippen molar-refractivity contribution in [1.82, 2.24) is 9.78 Å². The summed E-state index contributed by atoms with van der Waals surface area (Å²) in [5.41, 5.74) is 4.92. The normalized spacial score (nSPS) is 10.4. The third kappa shape index (κ3) is 1.65. The summed E-state index contributed by atoms with van der Waals surface area (Å²) in [6, 6.07) is 7.44. The first-order valence-electron chi connectivity index (χ1n) is 5.22. The summed E-state index contributed by atoms with van der Waals surface area (Å²) in [5, 5.41) is 4.46. The van der Waals surface area contributed by atoms with Crippen LogP contribution in [-0.2, 0) is 0 Å². The summed E-state index contributed by atoms with van der Waals surface area (Å²) in [4.78, 5) is 10.7. The summed E-state index contributed by atoms with van der Waals surface area (Å²) in [5.74, 6) is 0. The molecule has 0 aliphatic carbocycles. The molecule has 0 unspecified atom stereocenters. The predicted molar refractivity (Wildman–Crippen MR) is 63.2 cm³/mol. The number of aldehydes is 1. The van der Waals surface area contributed by atoms with Crippen LogP contribution in [0.2, 0.25) is 0 Å². The van der Waals surface area contributed by atoms with Gasteiger partial charge in [0.1, 0.15) is 6.29 Å². The van der Waals surface area contributed by atoms with Crippen LogP contribution in [0.25, 0.3) is 5.69 Å². The average molecular weight is 214 g/mol. The van der Waals surface area contributed by atoms with Gasteiger partial charge >= 0.3 is 0 Å². The van der Waals surface area contributed by atoms with Crippen molar-refractivity contribution in [2.24, 2.45) is 0 Å². The fourth-order valence-electron chi connectivity index (χ4n) is 1.70. The average Bonchev–Trinajstić information content (AvgIpc) is 2.57. The van der Waals surface area contributed by atoms with E-state index in [9.17, 15) is 4.79 Å². The highest BCUT2D eigenvalue weighted by Gasteiger charge is 2.08. The first kappa shape index (κ1) is 10.6. The molecule has 0 amide bonds. The molecule has 2 aromatic rings. The van der Waals surface area contributed by atoms with Gasteiger partial charge in [0.25, 0.3) is 0 Å². The molecule has 3 nitrogen and oxygen atoms in total. The topological polar surface area (TPSA) is 34.9 Å². The van der Waals surface area contributed by atoms with Crippen molar-refractivity contribution in [1.29, 1.82) is 0 Å². The molecule has 0 atom stereocenters. The van der Waals surface area contributed by atoms with Gasteiger partial charge in [-0.1, -0.05) is 12.1 Å². The molecule has 0 N–H and O–H groups in total. The van der Waals surface area contributed by atoms with E-state index in [1.807, 2.05) is 36.7 Å². The largest absolute Gasteiger partial charge is 0.298 e. The molecule has 0 saturated carbocycles. The molecular formula is C13H14N2O. The minimum absolute atomic E-state index is 0.669. The van der Waals surface area contributed by atoms with Crippen LogP contribution in [-0.4, -0.2) is 16.1 Å². The molecule has 0 saturated heterocycles. The molecule has 16 heavy (non-hydrogen) atoms. The van der Waals surface area contributed by atoms with E-state index in [1.54, 1.807) is 6.07 Å². The van der Waals surface area contributed by atoms with Gasteiger partial charge < -0.3 is 0 Å². The number of aromatic nitrogens is 2. The van der Waals surface area contributed by atoms with Crippen molar-refractivity contribution in [2.45, 2.75) is 20.8 Å². The maximum atomic E-state index is 10.7. The van der Waals surface area contributed by atoms with Gasteiger partial charge in [0.15, 0.2) is 0 Å². The van der Waals surface area contributed by atoms with E-state index in [0.29, 0.717) is 5.56 Å². The fraction of sp³-hybridized carbons (Fsp3) is 0.231. The minimum atomic E-state index is 0.669. The maximum absolute atomic E-state index is 10.7. The molecule has 0 radical (unpaired) electrons. The van der Waals surface area contributed by atoms with Crippen LogP contribution in [0, 0.1) is 20.8 Å². The number of carbonyl (C=O) groups excluding carboxylic acids is 1. The zero-order valence-corrected chi connectivity index (χ0v) is 9.69. The second kappa shape index (κ2) is 3.93. The highest BCUT2D eigenvalue weighted by atomic mass is 16.1. The van der Waals surface area contributed by atoms with Gasteiger partial charge in [0.2, 0.25) is 0 Å². The molecule has 0 bridgehead atoms. The Kier molecular flexibility index (Phi) is 2.60. The first-order chi connectivity index (χ1) is 7.63. The molecule has 0 aliphatic rings. The highest BCUT2D eigenvalue weighted by molar-refractivity contribution is 5.75. The number of carbonyl (C=O) groups is 1. The van der Waals surface area contributed by atoms with E-state index in [-0.39, 0.29) is 0 Å². The summed E-state index contributed by atoms with van der Waals surface area (Å²) >= 11 is 0. The number of benzene rings is 1. The van der Waals surface area contributed by atoms with Crippen LogP contribution >= 0.6 is 0 Å². The molecule has 3 heteroatoms. The van der Waals surface area contributed by atoms with Crippen LogP contribution < -0.4 is 0 Å². The number of hydrogen-bond acceptors (Lipinski definition) is 2. The van der Waals surface area contributed by atoms with Crippen LogP contribution in [0.1, 0.15) is 27.3 Å². The van der Waals surface area contributed by atoms with E-state index in [4.69, 9.17) is 0 Å². The standard InChI is InChI=1S/C13H14N2O/c1-9-10(2)14-15(11(9)3)13-6-4-5-12(7-13)8-16/h4-8H,1-3H3. The van der Waals surface area contributed by atoms with Crippen LogP contribution in [0.4, 0.5) is 0 Å². The van der Waals surface area contributed by atoms with Gasteiger partial charge in [0.05, 0.1) is 11.4 Å². The van der Waals surface area contributed by atoms with E-state index < -0.39 is 0 Å². The van der Waals surface area contributed by atoms with Crippen molar-refractivity contribution >= 4 is 6.29 Å². The smallest absolute Gasteiger partial charge is 0.150 e. The summed E-state index contributed by atoms with van der Waals surface area (Å²) in [7, 11) is 0. The zero-order chi connectivity index (χ0) is 11.7. The lowest BCUT2D eigenvalue weighted by Crippen LogP contribution is -1.99. The number of aryl methyl sites for hydroxylation is 1. The Morgan fingerprint density at radius 2 is 2.00 bits per heavy atom. The van der Waals surface area contributed by atoms with Gasteiger partial charge in [0, 0.05) is 11.3 Å². The summed E-state index contributed by atoms with van der Waals surface area (Å²) in [6.45, 7) is 6.07. The molecule has 0 aliphatic heterocycles. The second-order valence-electron chi connectivity index (χ2n) is 3.92. The van der Waals surface area contributed by atoms with Crippen LogP contribution in [0.3, 0.4) is 0 Å². The van der Waals surface area contributed by atoms with Crippen molar-refractivity contribution in [3.63, 3.8) is 0 Å². The molecule has 1 aromatic heterocycles. The molecular weight excluding hydrogens is 200 g/mol. The summed E-state index contributed by atoms with van der Waals surface area (Å²) < 4.78 is 1.87. The second-order valence-corrected chi connectivity index (χ2v) is 3.92. The Balaban J connectivity index is 2.58. The Bertz CT molecular complexity index is 541. The van der Waals surface area contributed by atoms with Gasteiger partial charge in [-0.3, -0.25) is 4.79 Å². The Hall–Kier alpha value is -1.90. The molecule has 2 rings (SSSR count). The minimum Gasteiger partial charge on any atom is -0.298 e. The van der Waals surface area contributed by atoms with Crippen molar-refractivity contribution in [3.05, 3.63) is 46.8 Å². The lowest BCUT2D eigenvalue weighted by molar-refractivity contribution is 0.112. The van der Waals surface area contributed by atoms with Gasteiger partial charge in [-0.15, -0.1) is 0 Å². The van der Waals surface area contributed by atoms with Crippen molar-refractivity contribution < 1.29 is 4.79 Å². The third-order valence-corrected chi connectivity index (χ3v) is 2.90. The molecule has 0 spiro atoms.